The smallest absolute Gasteiger partial charge is 0.150 e. The van der Waals surface area contributed by atoms with Gasteiger partial charge in [0.1, 0.15) is 0 Å². The molecule has 4 nitrogen and oxygen atoms in total. The molecular formula is C10H19NO3S. The summed E-state index contributed by atoms with van der Waals surface area (Å²) in [6, 6.07) is 0. The van der Waals surface area contributed by atoms with Gasteiger partial charge in [0, 0.05) is 12.0 Å². The summed E-state index contributed by atoms with van der Waals surface area (Å²) in [6.07, 6.45) is 2.89. The second-order valence-corrected chi connectivity index (χ2v) is 7.17. The van der Waals surface area contributed by atoms with Crippen LogP contribution in [0.3, 0.4) is 0 Å². The van der Waals surface area contributed by atoms with Crippen LogP contribution in [0.2, 0.25) is 0 Å². The molecule has 3 N–H and O–H groups in total. The predicted molar refractivity (Wildman–Crippen MR) is 58.1 cm³/mol. The summed E-state index contributed by atoms with van der Waals surface area (Å²) in [6.45, 7) is 0.411. The van der Waals surface area contributed by atoms with E-state index in [0.717, 1.165) is 19.3 Å². The highest BCUT2D eigenvalue weighted by molar-refractivity contribution is 7.91. The first-order valence-electron chi connectivity index (χ1n) is 5.59. The molecule has 2 aliphatic rings. The minimum Gasteiger partial charge on any atom is -0.392 e. The van der Waals surface area contributed by atoms with Gasteiger partial charge in [-0.25, -0.2) is 8.42 Å². The normalized spacial score (nSPS) is 44.7. The van der Waals surface area contributed by atoms with Crippen LogP contribution >= 0.6 is 0 Å². The first-order chi connectivity index (χ1) is 7.00. The van der Waals surface area contributed by atoms with Crippen molar-refractivity contribution in [3.63, 3.8) is 0 Å². The Morgan fingerprint density at radius 2 is 2.13 bits per heavy atom. The lowest BCUT2D eigenvalue weighted by Crippen LogP contribution is -2.44. The molecule has 1 saturated heterocycles. The largest absolute Gasteiger partial charge is 0.392 e. The van der Waals surface area contributed by atoms with E-state index in [1.54, 1.807) is 0 Å². The Bertz CT molecular complexity index is 341. The van der Waals surface area contributed by atoms with Crippen molar-refractivity contribution in [3.8, 4) is 0 Å². The van der Waals surface area contributed by atoms with Gasteiger partial charge in [0.25, 0.3) is 0 Å². The van der Waals surface area contributed by atoms with Crippen LogP contribution in [0, 0.1) is 11.3 Å². The lowest BCUT2D eigenvalue weighted by molar-refractivity contribution is 0.0200. The number of nitrogens with two attached hydrogens (primary N) is 1. The van der Waals surface area contributed by atoms with E-state index in [1.165, 1.54) is 0 Å². The monoisotopic (exact) mass is 233 g/mol. The first-order valence-corrected chi connectivity index (χ1v) is 7.41. The second-order valence-electron chi connectivity index (χ2n) is 4.95. The lowest BCUT2D eigenvalue weighted by Gasteiger charge is -2.36. The fourth-order valence-electron chi connectivity index (χ4n) is 3.21. The van der Waals surface area contributed by atoms with Gasteiger partial charge in [-0.15, -0.1) is 0 Å². The van der Waals surface area contributed by atoms with Gasteiger partial charge in [-0.05, 0) is 25.2 Å². The van der Waals surface area contributed by atoms with Gasteiger partial charge in [0.2, 0.25) is 0 Å². The molecule has 0 aromatic heterocycles. The van der Waals surface area contributed by atoms with Crippen LogP contribution in [-0.2, 0) is 9.84 Å². The van der Waals surface area contributed by atoms with Gasteiger partial charge in [0.05, 0.1) is 17.6 Å². The number of hydrogen-bond acceptors (Lipinski definition) is 4. The standard InChI is InChI=1S/C10H19NO3S/c11-7-10(4-1-2-9(10)12)8-3-5-15(13,14)6-8/h8-9,12H,1-7,11H2. The molecule has 15 heavy (non-hydrogen) atoms. The van der Waals surface area contributed by atoms with E-state index in [4.69, 9.17) is 5.73 Å². The quantitative estimate of drug-likeness (QED) is 0.698. The molecule has 0 radical (unpaired) electrons. The molecular weight excluding hydrogens is 214 g/mol. The SMILES string of the molecule is NCC1(C2CCS(=O)(=O)C2)CCCC1O. The molecule has 0 bridgehead atoms. The zero-order valence-electron chi connectivity index (χ0n) is 8.85. The van der Waals surface area contributed by atoms with E-state index in [0.29, 0.717) is 13.0 Å². The lowest BCUT2D eigenvalue weighted by atomic mass is 9.72. The Balaban J connectivity index is 2.21. The minimum atomic E-state index is -2.87. The van der Waals surface area contributed by atoms with Crippen LogP contribution in [0.25, 0.3) is 0 Å². The van der Waals surface area contributed by atoms with Crippen LogP contribution in [-0.4, -0.2) is 37.7 Å². The molecule has 3 unspecified atom stereocenters. The van der Waals surface area contributed by atoms with Gasteiger partial charge >= 0.3 is 0 Å². The molecule has 1 aliphatic heterocycles. The van der Waals surface area contributed by atoms with Crippen molar-refractivity contribution >= 4 is 9.84 Å². The average molecular weight is 233 g/mol. The number of aliphatic hydroxyl groups excluding tert-OH is 1. The zero-order chi connectivity index (χ0) is 11.1. The summed E-state index contributed by atoms with van der Waals surface area (Å²) in [7, 11) is -2.87. The van der Waals surface area contributed by atoms with E-state index < -0.39 is 15.9 Å². The summed E-state index contributed by atoms with van der Waals surface area (Å²) in [5.41, 5.74) is 5.46. The first kappa shape index (κ1) is 11.4. The van der Waals surface area contributed by atoms with Crippen LogP contribution < -0.4 is 5.73 Å². The molecule has 3 atom stereocenters. The fraction of sp³-hybridized carbons (Fsp3) is 1.00. The number of sulfone groups is 1. The predicted octanol–water partition coefficient (Wildman–Crippen LogP) is -0.0890. The van der Waals surface area contributed by atoms with Gasteiger partial charge in [0.15, 0.2) is 9.84 Å². The van der Waals surface area contributed by atoms with E-state index in [2.05, 4.69) is 0 Å². The van der Waals surface area contributed by atoms with Crippen molar-refractivity contribution in [2.24, 2.45) is 17.1 Å². The summed E-state index contributed by atoms with van der Waals surface area (Å²) < 4.78 is 22.9. The van der Waals surface area contributed by atoms with Crippen molar-refractivity contribution < 1.29 is 13.5 Å². The molecule has 0 spiro atoms. The van der Waals surface area contributed by atoms with Gasteiger partial charge in [-0.2, -0.15) is 0 Å². The van der Waals surface area contributed by atoms with Crippen molar-refractivity contribution in [1.82, 2.24) is 0 Å². The molecule has 1 saturated carbocycles. The van der Waals surface area contributed by atoms with Crippen LogP contribution in [0.15, 0.2) is 0 Å². The third kappa shape index (κ3) is 1.81. The number of rotatable bonds is 2. The number of hydrogen-bond donors (Lipinski definition) is 2. The van der Waals surface area contributed by atoms with Crippen molar-refractivity contribution in [3.05, 3.63) is 0 Å². The molecule has 88 valence electrons. The van der Waals surface area contributed by atoms with Gasteiger partial charge < -0.3 is 10.8 Å². The maximum absolute atomic E-state index is 11.4. The summed E-state index contributed by atoms with van der Waals surface area (Å²) >= 11 is 0. The van der Waals surface area contributed by atoms with Gasteiger partial charge in [-0.1, -0.05) is 6.42 Å². The Labute approximate surface area is 90.8 Å². The second kappa shape index (κ2) is 3.71. The van der Waals surface area contributed by atoms with Gasteiger partial charge in [-0.3, -0.25) is 0 Å². The Morgan fingerprint density at radius 1 is 1.40 bits per heavy atom. The molecule has 2 fully saturated rings. The highest BCUT2D eigenvalue weighted by Crippen LogP contribution is 2.47. The Hall–Kier alpha value is -0.130. The molecule has 0 aromatic rings. The maximum atomic E-state index is 11.4. The van der Waals surface area contributed by atoms with Crippen molar-refractivity contribution in [2.45, 2.75) is 31.8 Å². The average Bonchev–Trinajstić information content (AvgIpc) is 2.70. The molecule has 0 aromatic carbocycles. The summed E-state index contributed by atoms with van der Waals surface area (Å²) in [4.78, 5) is 0. The minimum absolute atomic E-state index is 0.0741. The Kier molecular flexibility index (Phi) is 2.81. The molecule has 1 heterocycles. The topological polar surface area (TPSA) is 80.4 Å². The van der Waals surface area contributed by atoms with E-state index in [9.17, 15) is 13.5 Å². The summed E-state index contributed by atoms with van der Waals surface area (Å²) in [5, 5.41) is 10.00. The fourth-order valence-corrected chi connectivity index (χ4v) is 5.13. The number of aliphatic hydroxyl groups is 1. The molecule has 5 heteroatoms. The van der Waals surface area contributed by atoms with E-state index in [-0.39, 0.29) is 22.8 Å². The third-order valence-corrected chi connectivity index (χ3v) is 5.98. The van der Waals surface area contributed by atoms with Crippen molar-refractivity contribution in [2.75, 3.05) is 18.1 Å². The zero-order valence-corrected chi connectivity index (χ0v) is 9.67. The van der Waals surface area contributed by atoms with E-state index in [1.807, 2.05) is 0 Å². The van der Waals surface area contributed by atoms with E-state index >= 15 is 0 Å². The third-order valence-electron chi connectivity index (χ3n) is 4.21. The Morgan fingerprint density at radius 3 is 2.53 bits per heavy atom. The molecule has 1 aliphatic carbocycles. The van der Waals surface area contributed by atoms with Crippen molar-refractivity contribution in [1.29, 1.82) is 0 Å². The molecule has 2 rings (SSSR count). The highest BCUT2D eigenvalue weighted by Gasteiger charge is 2.50. The summed E-state index contributed by atoms with van der Waals surface area (Å²) in [5.74, 6) is 0.568. The highest BCUT2D eigenvalue weighted by atomic mass is 32.2. The molecule has 0 amide bonds. The van der Waals surface area contributed by atoms with Crippen LogP contribution in [0.1, 0.15) is 25.7 Å². The maximum Gasteiger partial charge on any atom is 0.150 e. The van der Waals surface area contributed by atoms with Crippen LogP contribution in [0.5, 0.6) is 0 Å². The van der Waals surface area contributed by atoms with Crippen LogP contribution in [0.4, 0.5) is 0 Å².